The van der Waals surface area contributed by atoms with Crippen molar-refractivity contribution >= 4 is 11.9 Å². The summed E-state index contributed by atoms with van der Waals surface area (Å²) in [5.74, 6) is -1.57. The predicted octanol–water partition coefficient (Wildman–Crippen LogP) is 0.114. The largest absolute Gasteiger partial charge is 0.481 e. The number of carboxylic acid groups (broad SMARTS) is 1. The highest BCUT2D eigenvalue weighted by molar-refractivity contribution is 5.82. The standard InChI is InChI=1S/C12H19NO5/c1-8(12(15)16)6-13(9-2-3-9)11(14)10-7-17-4-5-18-10/h8-10H,2-7H2,1H3,(H,15,16). The van der Waals surface area contributed by atoms with Gasteiger partial charge in [0, 0.05) is 12.6 Å². The average molecular weight is 257 g/mol. The lowest BCUT2D eigenvalue weighted by Crippen LogP contribution is -2.48. The van der Waals surface area contributed by atoms with Crippen molar-refractivity contribution in [3.63, 3.8) is 0 Å². The quantitative estimate of drug-likeness (QED) is 0.756. The van der Waals surface area contributed by atoms with Gasteiger partial charge in [-0.05, 0) is 12.8 Å². The van der Waals surface area contributed by atoms with E-state index in [1.54, 1.807) is 11.8 Å². The van der Waals surface area contributed by atoms with Crippen molar-refractivity contribution in [1.82, 2.24) is 4.90 Å². The number of aliphatic carboxylic acids is 1. The van der Waals surface area contributed by atoms with E-state index in [-0.39, 0.29) is 25.1 Å². The zero-order valence-corrected chi connectivity index (χ0v) is 10.5. The zero-order chi connectivity index (χ0) is 13.1. The van der Waals surface area contributed by atoms with Crippen LogP contribution in [0.15, 0.2) is 0 Å². The van der Waals surface area contributed by atoms with Gasteiger partial charge in [0.15, 0.2) is 6.10 Å². The first kappa shape index (κ1) is 13.3. The Morgan fingerprint density at radius 2 is 2.11 bits per heavy atom. The first-order valence-corrected chi connectivity index (χ1v) is 6.32. The number of hydrogen-bond acceptors (Lipinski definition) is 4. The Labute approximate surface area is 106 Å². The van der Waals surface area contributed by atoms with Crippen molar-refractivity contribution in [2.75, 3.05) is 26.4 Å². The molecule has 1 aliphatic carbocycles. The Morgan fingerprint density at radius 1 is 1.39 bits per heavy atom. The molecule has 6 nitrogen and oxygen atoms in total. The molecule has 2 aliphatic rings. The van der Waals surface area contributed by atoms with E-state index < -0.39 is 18.0 Å². The number of ether oxygens (including phenoxy) is 2. The first-order valence-electron chi connectivity index (χ1n) is 6.32. The third-order valence-corrected chi connectivity index (χ3v) is 3.25. The number of carbonyl (C=O) groups excluding carboxylic acids is 1. The smallest absolute Gasteiger partial charge is 0.308 e. The lowest BCUT2D eigenvalue weighted by molar-refractivity contribution is -0.160. The highest BCUT2D eigenvalue weighted by Gasteiger charge is 2.38. The molecule has 1 saturated heterocycles. The van der Waals surface area contributed by atoms with Gasteiger partial charge in [-0.1, -0.05) is 6.92 Å². The number of hydrogen-bond donors (Lipinski definition) is 1. The molecular weight excluding hydrogens is 238 g/mol. The van der Waals surface area contributed by atoms with Gasteiger partial charge in [0.2, 0.25) is 0 Å². The van der Waals surface area contributed by atoms with E-state index in [1.165, 1.54) is 0 Å². The van der Waals surface area contributed by atoms with Crippen LogP contribution in [0.2, 0.25) is 0 Å². The Bertz CT molecular complexity index is 322. The average Bonchev–Trinajstić information content (AvgIpc) is 3.20. The number of rotatable bonds is 5. The maximum absolute atomic E-state index is 12.3. The van der Waals surface area contributed by atoms with E-state index in [1.807, 2.05) is 0 Å². The van der Waals surface area contributed by atoms with Crippen LogP contribution in [0.25, 0.3) is 0 Å². The third-order valence-electron chi connectivity index (χ3n) is 3.25. The van der Waals surface area contributed by atoms with E-state index in [0.29, 0.717) is 13.2 Å². The van der Waals surface area contributed by atoms with E-state index >= 15 is 0 Å². The molecule has 0 spiro atoms. The predicted molar refractivity (Wildman–Crippen MR) is 62.1 cm³/mol. The SMILES string of the molecule is CC(CN(C(=O)C1COCCO1)C1CC1)C(=O)O. The van der Waals surface area contributed by atoms with Crippen LogP contribution >= 0.6 is 0 Å². The Kier molecular flexibility index (Phi) is 4.19. The van der Waals surface area contributed by atoms with Gasteiger partial charge in [0.1, 0.15) is 0 Å². The minimum atomic E-state index is -0.880. The molecule has 0 bridgehead atoms. The Balaban J connectivity index is 1.95. The number of carboxylic acids is 1. The second-order valence-electron chi connectivity index (χ2n) is 4.90. The molecule has 2 fully saturated rings. The lowest BCUT2D eigenvalue weighted by Gasteiger charge is -2.30. The van der Waals surface area contributed by atoms with Gasteiger partial charge in [-0.3, -0.25) is 9.59 Å². The van der Waals surface area contributed by atoms with Crippen LogP contribution in [-0.2, 0) is 19.1 Å². The van der Waals surface area contributed by atoms with Crippen molar-refractivity contribution in [1.29, 1.82) is 0 Å². The lowest BCUT2D eigenvalue weighted by atomic mass is 10.1. The van der Waals surface area contributed by atoms with Crippen LogP contribution in [-0.4, -0.2) is 60.4 Å². The summed E-state index contributed by atoms with van der Waals surface area (Å²) >= 11 is 0. The van der Waals surface area contributed by atoms with Crippen molar-refractivity contribution in [2.45, 2.75) is 31.9 Å². The molecule has 0 aromatic rings. The van der Waals surface area contributed by atoms with Gasteiger partial charge in [0.05, 0.1) is 25.7 Å². The van der Waals surface area contributed by atoms with Crippen LogP contribution < -0.4 is 0 Å². The highest BCUT2D eigenvalue weighted by atomic mass is 16.6. The zero-order valence-electron chi connectivity index (χ0n) is 10.5. The van der Waals surface area contributed by atoms with Crippen LogP contribution in [0.5, 0.6) is 0 Å². The second-order valence-corrected chi connectivity index (χ2v) is 4.90. The first-order chi connectivity index (χ1) is 8.59. The van der Waals surface area contributed by atoms with Crippen molar-refractivity contribution < 1.29 is 24.2 Å². The Morgan fingerprint density at radius 3 is 2.61 bits per heavy atom. The molecule has 1 aliphatic heterocycles. The summed E-state index contributed by atoms with van der Waals surface area (Å²) in [6.07, 6.45) is 1.33. The van der Waals surface area contributed by atoms with Gasteiger partial charge in [0.25, 0.3) is 5.91 Å². The van der Waals surface area contributed by atoms with Gasteiger partial charge in [-0.15, -0.1) is 0 Å². The van der Waals surface area contributed by atoms with Crippen molar-refractivity contribution in [3.05, 3.63) is 0 Å². The molecule has 18 heavy (non-hydrogen) atoms. The van der Waals surface area contributed by atoms with Gasteiger partial charge in [-0.25, -0.2) is 0 Å². The molecule has 2 rings (SSSR count). The molecule has 0 aromatic heterocycles. The molecule has 102 valence electrons. The second kappa shape index (κ2) is 5.67. The molecule has 0 radical (unpaired) electrons. The fourth-order valence-electron chi connectivity index (χ4n) is 1.99. The summed E-state index contributed by atoms with van der Waals surface area (Å²) in [6.45, 7) is 3.06. The topological polar surface area (TPSA) is 76.1 Å². The minimum absolute atomic E-state index is 0.134. The van der Waals surface area contributed by atoms with Gasteiger partial charge >= 0.3 is 5.97 Å². The fourth-order valence-corrected chi connectivity index (χ4v) is 1.99. The summed E-state index contributed by atoms with van der Waals surface area (Å²) in [4.78, 5) is 24.8. The minimum Gasteiger partial charge on any atom is -0.481 e. The summed E-state index contributed by atoms with van der Waals surface area (Å²) < 4.78 is 10.6. The normalized spacial score (nSPS) is 25.5. The summed E-state index contributed by atoms with van der Waals surface area (Å²) in [5.41, 5.74) is 0. The monoisotopic (exact) mass is 257 g/mol. The maximum Gasteiger partial charge on any atom is 0.308 e. The van der Waals surface area contributed by atoms with Crippen molar-refractivity contribution in [3.8, 4) is 0 Å². The van der Waals surface area contributed by atoms with E-state index in [2.05, 4.69) is 0 Å². The van der Waals surface area contributed by atoms with E-state index in [9.17, 15) is 9.59 Å². The van der Waals surface area contributed by atoms with Crippen LogP contribution in [0.4, 0.5) is 0 Å². The number of nitrogens with zero attached hydrogens (tertiary/aromatic N) is 1. The fraction of sp³-hybridized carbons (Fsp3) is 0.833. The number of amides is 1. The van der Waals surface area contributed by atoms with Crippen LogP contribution in [0.3, 0.4) is 0 Å². The van der Waals surface area contributed by atoms with E-state index in [4.69, 9.17) is 14.6 Å². The molecule has 0 aromatic carbocycles. The third kappa shape index (κ3) is 3.20. The van der Waals surface area contributed by atoms with Crippen LogP contribution in [0.1, 0.15) is 19.8 Å². The highest BCUT2D eigenvalue weighted by Crippen LogP contribution is 2.28. The summed E-state index contributed by atoms with van der Waals surface area (Å²) in [5, 5.41) is 8.93. The maximum atomic E-state index is 12.3. The molecule has 2 atom stereocenters. The Hall–Kier alpha value is -1.14. The molecule has 1 heterocycles. The van der Waals surface area contributed by atoms with Crippen molar-refractivity contribution in [2.24, 2.45) is 5.92 Å². The molecule has 1 N–H and O–H groups in total. The number of carbonyl (C=O) groups is 2. The molecule has 1 saturated carbocycles. The van der Waals surface area contributed by atoms with E-state index in [0.717, 1.165) is 12.8 Å². The van der Waals surface area contributed by atoms with Gasteiger partial charge < -0.3 is 19.5 Å². The van der Waals surface area contributed by atoms with Gasteiger partial charge in [-0.2, -0.15) is 0 Å². The molecule has 1 amide bonds. The van der Waals surface area contributed by atoms with Crippen LogP contribution in [0, 0.1) is 5.92 Å². The molecule has 6 heteroatoms. The molecular formula is C12H19NO5. The molecule has 2 unspecified atom stereocenters. The summed E-state index contributed by atoms with van der Waals surface area (Å²) in [6, 6.07) is 0.185. The summed E-state index contributed by atoms with van der Waals surface area (Å²) in [7, 11) is 0.